The summed E-state index contributed by atoms with van der Waals surface area (Å²) in [7, 11) is 0. The Kier molecular flexibility index (Phi) is 2.23. The van der Waals surface area contributed by atoms with E-state index in [9.17, 15) is 4.79 Å². The zero-order valence-corrected chi connectivity index (χ0v) is 10.6. The molecule has 96 valence electrons. The van der Waals surface area contributed by atoms with Gasteiger partial charge in [-0.1, -0.05) is 42.5 Å². The molecule has 0 amide bonds. The average Bonchev–Trinajstić information content (AvgIpc) is 2.94. The summed E-state index contributed by atoms with van der Waals surface area (Å²) in [5.41, 5.74) is 3.17. The summed E-state index contributed by atoms with van der Waals surface area (Å²) in [6, 6.07) is 17.6. The Hall–Kier alpha value is -2.88. The first-order chi connectivity index (χ1) is 9.84. The van der Waals surface area contributed by atoms with Crippen LogP contribution in [0.15, 0.2) is 65.6 Å². The third kappa shape index (κ3) is 1.48. The Balaban J connectivity index is 2.22. The van der Waals surface area contributed by atoms with Gasteiger partial charge in [0.15, 0.2) is 0 Å². The standard InChI is InChI=1S/C16H11N3O/c20-16-14-10-17-15(11-6-2-1-3-7-11)19(14)13-9-5-4-8-12(13)18-16/h1-10H,(H,18,20). The minimum Gasteiger partial charge on any atom is -0.319 e. The molecule has 0 radical (unpaired) electrons. The Bertz CT molecular complexity index is 967. The molecule has 4 aromatic rings. The van der Waals surface area contributed by atoms with Crippen molar-refractivity contribution in [3.05, 3.63) is 71.1 Å². The van der Waals surface area contributed by atoms with Crippen LogP contribution in [-0.4, -0.2) is 14.4 Å². The van der Waals surface area contributed by atoms with Gasteiger partial charge in [-0.05, 0) is 12.1 Å². The van der Waals surface area contributed by atoms with E-state index in [-0.39, 0.29) is 5.56 Å². The van der Waals surface area contributed by atoms with Crippen molar-refractivity contribution in [3.63, 3.8) is 0 Å². The fourth-order valence-corrected chi connectivity index (χ4v) is 2.51. The van der Waals surface area contributed by atoms with E-state index in [4.69, 9.17) is 0 Å². The summed E-state index contributed by atoms with van der Waals surface area (Å²) >= 11 is 0. The second kappa shape index (κ2) is 4.06. The monoisotopic (exact) mass is 261 g/mol. The molecular formula is C16H11N3O. The fourth-order valence-electron chi connectivity index (χ4n) is 2.51. The molecule has 20 heavy (non-hydrogen) atoms. The Morgan fingerprint density at radius 1 is 0.900 bits per heavy atom. The van der Waals surface area contributed by atoms with E-state index in [0.717, 1.165) is 22.4 Å². The van der Waals surface area contributed by atoms with Gasteiger partial charge in [-0.25, -0.2) is 4.98 Å². The number of aromatic amines is 1. The number of rotatable bonds is 1. The van der Waals surface area contributed by atoms with Crippen molar-refractivity contribution in [2.24, 2.45) is 0 Å². The lowest BCUT2D eigenvalue weighted by atomic mass is 10.2. The summed E-state index contributed by atoms with van der Waals surface area (Å²) < 4.78 is 1.91. The molecule has 0 saturated carbocycles. The van der Waals surface area contributed by atoms with E-state index in [1.165, 1.54) is 0 Å². The molecule has 4 heteroatoms. The molecule has 2 aromatic heterocycles. The van der Waals surface area contributed by atoms with E-state index in [1.807, 2.05) is 59.0 Å². The van der Waals surface area contributed by atoms with Gasteiger partial charge in [0, 0.05) is 5.56 Å². The Labute approximate surface area is 114 Å². The number of nitrogens with zero attached hydrogens (tertiary/aromatic N) is 2. The van der Waals surface area contributed by atoms with Gasteiger partial charge in [-0.2, -0.15) is 0 Å². The molecule has 0 bridgehead atoms. The highest BCUT2D eigenvalue weighted by Gasteiger charge is 2.11. The minimum atomic E-state index is -0.126. The maximum absolute atomic E-state index is 12.1. The Morgan fingerprint density at radius 2 is 1.65 bits per heavy atom. The van der Waals surface area contributed by atoms with Crippen molar-refractivity contribution in [2.45, 2.75) is 0 Å². The molecule has 0 aliphatic heterocycles. The predicted molar refractivity (Wildman–Crippen MR) is 78.8 cm³/mol. The maximum Gasteiger partial charge on any atom is 0.274 e. The molecule has 2 aromatic carbocycles. The molecule has 1 N–H and O–H groups in total. The second-order valence-electron chi connectivity index (χ2n) is 4.64. The van der Waals surface area contributed by atoms with Gasteiger partial charge >= 0.3 is 0 Å². The van der Waals surface area contributed by atoms with Crippen molar-refractivity contribution in [1.29, 1.82) is 0 Å². The van der Waals surface area contributed by atoms with Gasteiger partial charge in [0.05, 0.1) is 17.2 Å². The van der Waals surface area contributed by atoms with Crippen molar-refractivity contribution < 1.29 is 0 Å². The topological polar surface area (TPSA) is 50.2 Å². The minimum absolute atomic E-state index is 0.126. The van der Waals surface area contributed by atoms with Gasteiger partial charge in [-0.3, -0.25) is 9.20 Å². The summed E-state index contributed by atoms with van der Waals surface area (Å²) in [4.78, 5) is 19.4. The third-order valence-corrected chi connectivity index (χ3v) is 3.42. The molecule has 0 saturated heterocycles. The molecule has 4 nitrogen and oxygen atoms in total. The summed E-state index contributed by atoms with van der Waals surface area (Å²) in [5.74, 6) is 0.780. The molecule has 2 heterocycles. The number of hydrogen-bond donors (Lipinski definition) is 1. The number of benzene rings is 2. The van der Waals surface area contributed by atoms with Crippen molar-refractivity contribution >= 4 is 16.6 Å². The first-order valence-corrected chi connectivity index (χ1v) is 6.38. The van der Waals surface area contributed by atoms with Crippen LogP contribution in [0.1, 0.15) is 0 Å². The third-order valence-electron chi connectivity index (χ3n) is 3.42. The molecular weight excluding hydrogens is 250 g/mol. The average molecular weight is 261 g/mol. The Morgan fingerprint density at radius 3 is 2.50 bits per heavy atom. The van der Waals surface area contributed by atoms with Crippen LogP contribution in [0.2, 0.25) is 0 Å². The van der Waals surface area contributed by atoms with Gasteiger partial charge in [0.2, 0.25) is 0 Å². The highest BCUT2D eigenvalue weighted by molar-refractivity contribution is 5.80. The lowest BCUT2D eigenvalue weighted by molar-refractivity contribution is 1.17. The molecule has 0 aliphatic carbocycles. The summed E-state index contributed by atoms with van der Waals surface area (Å²) in [6.45, 7) is 0. The predicted octanol–water partition coefficient (Wildman–Crippen LogP) is 2.84. The number of nitrogens with one attached hydrogen (secondary N) is 1. The van der Waals surface area contributed by atoms with Crippen molar-refractivity contribution in [2.75, 3.05) is 0 Å². The van der Waals surface area contributed by atoms with Crippen LogP contribution in [-0.2, 0) is 0 Å². The summed E-state index contributed by atoms with van der Waals surface area (Å²) in [6.07, 6.45) is 1.62. The van der Waals surface area contributed by atoms with Gasteiger partial charge in [-0.15, -0.1) is 0 Å². The number of para-hydroxylation sites is 2. The number of imidazole rings is 1. The highest BCUT2D eigenvalue weighted by atomic mass is 16.1. The smallest absolute Gasteiger partial charge is 0.274 e. The lowest BCUT2D eigenvalue weighted by Gasteiger charge is -2.05. The molecule has 0 fully saturated rings. The van der Waals surface area contributed by atoms with Crippen molar-refractivity contribution in [1.82, 2.24) is 14.4 Å². The zero-order valence-electron chi connectivity index (χ0n) is 10.6. The van der Waals surface area contributed by atoms with E-state index >= 15 is 0 Å². The molecule has 0 unspecified atom stereocenters. The first kappa shape index (κ1) is 11.0. The van der Waals surface area contributed by atoms with Crippen LogP contribution in [0.25, 0.3) is 27.9 Å². The lowest BCUT2D eigenvalue weighted by Crippen LogP contribution is -2.10. The van der Waals surface area contributed by atoms with E-state index in [0.29, 0.717) is 5.52 Å². The van der Waals surface area contributed by atoms with Crippen LogP contribution in [0.4, 0.5) is 0 Å². The highest BCUT2D eigenvalue weighted by Crippen LogP contribution is 2.21. The quantitative estimate of drug-likeness (QED) is 0.573. The fraction of sp³-hybridized carbons (Fsp3) is 0. The van der Waals surface area contributed by atoms with Gasteiger partial charge in [0.1, 0.15) is 11.3 Å². The number of fused-ring (bicyclic) bond motifs is 3. The molecule has 0 spiro atoms. The van der Waals surface area contributed by atoms with Crippen LogP contribution in [0, 0.1) is 0 Å². The number of aromatic nitrogens is 3. The second-order valence-corrected chi connectivity index (χ2v) is 4.64. The van der Waals surface area contributed by atoms with Crippen LogP contribution >= 0.6 is 0 Å². The van der Waals surface area contributed by atoms with Crippen molar-refractivity contribution in [3.8, 4) is 11.4 Å². The van der Waals surface area contributed by atoms with Gasteiger partial charge in [0.25, 0.3) is 5.56 Å². The normalized spacial score (nSPS) is 11.2. The largest absolute Gasteiger partial charge is 0.319 e. The molecule has 4 rings (SSSR count). The van der Waals surface area contributed by atoms with Gasteiger partial charge < -0.3 is 4.98 Å². The molecule has 0 atom stereocenters. The van der Waals surface area contributed by atoms with E-state index in [1.54, 1.807) is 6.20 Å². The number of hydrogen-bond acceptors (Lipinski definition) is 2. The van der Waals surface area contributed by atoms with E-state index in [2.05, 4.69) is 9.97 Å². The first-order valence-electron chi connectivity index (χ1n) is 6.38. The van der Waals surface area contributed by atoms with Crippen LogP contribution < -0.4 is 5.56 Å². The molecule has 0 aliphatic rings. The van der Waals surface area contributed by atoms with Crippen LogP contribution in [0.5, 0.6) is 0 Å². The maximum atomic E-state index is 12.1. The van der Waals surface area contributed by atoms with Crippen LogP contribution in [0.3, 0.4) is 0 Å². The van der Waals surface area contributed by atoms with E-state index < -0.39 is 0 Å². The SMILES string of the molecule is O=c1[nH]c2ccccc2n2c(-c3ccccc3)ncc12. The summed E-state index contributed by atoms with van der Waals surface area (Å²) in [5, 5.41) is 0. The zero-order chi connectivity index (χ0) is 13.5. The number of H-pyrrole nitrogens is 1.